The largest absolute Gasteiger partial charge is 0.508 e. The van der Waals surface area contributed by atoms with E-state index in [1.165, 1.54) is 24.3 Å². The van der Waals surface area contributed by atoms with Crippen LogP contribution in [0.15, 0.2) is 24.3 Å². The molecule has 124 valence electrons. The Morgan fingerprint density at radius 1 is 0.957 bits per heavy atom. The highest BCUT2D eigenvalue weighted by Crippen LogP contribution is 2.15. The van der Waals surface area contributed by atoms with E-state index in [-0.39, 0.29) is 11.5 Å². The van der Waals surface area contributed by atoms with E-state index in [2.05, 4.69) is 4.74 Å². The van der Waals surface area contributed by atoms with Gasteiger partial charge in [0.05, 0.1) is 6.42 Å². The number of aromatic hydroxyl groups is 1. The van der Waals surface area contributed by atoms with Gasteiger partial charge in [-0.1, -0.05) is 0 Å². The Morgan fingerprint density at radius 3 is 1.87 bits per heavy atom. The standard InChI is InChI=1S/C9H8O4.C5H6O5/c1-6(10)9(12)13-8-4-2-7(11)3-5-8;6-3(5(9)10)1-2-4(7)8/h2-5,11H,1H3;1-2H2,(H,7,8)(H,9,10). The van der Waals surface area contributed by atoms with Crippen LogP contribution in [0.3, 0.4) is 0 Å². The average molecular weight is 326 g/mol. The minimum absolute atomic E-state index is 0.0719. The minimum Gasteiger partial charge on any atom is -0.508 e. The first-order valence-electron chi connectivity index (χ1n) is 6.13. The number of esters is 1. The molecule has 9 heteroatoms. The molecule has 0 heterocycles. The number of carboxylic acids is 2. The monoisotopic (exact) mass is 326 g/mol. The number of ketones is 2. The maximum absolute atomic E-state index is 10.8. The molecule has 0 spiro atoms. The van der Waals surface area contributed by atoms with Crippen LogP contribution in [-0.4, -0.2) is 44.8 Å². The quantitative estimate of drug-likeness (QED) is 0.382. The Hall–Kier alpha value is -3.23. The lowest BCUT2D eigenvalue weighted by atomic mass is 10.2. The normalized spacial score (nSPS) is 9.09. The van der Waals surface area contributed by atoms with Crippen molar-refractivity contribution in [1.29, 1.82) is 0 Å². The molecule has 1 rings (SSSR count). The number of hydrogen-bond donors (Lipinski definition) is 3. The third-order valence-corrected chi connectivity index (χ3v) is 2.14. The molecule has 0 aromatic heterocycles. The molecule has 0 bridgehead atoms. The summed E-state index contributed by atoms with van der Waals surface area (Å²) in [6.45, 7) is 1.13. The molecule has 23 heavy (non-hydrogen) atoms. The first kappa shape index (κ1) is 19.8. The summed E-state index contributed by atoms with van der Waals surface area (Å²) in [6, 6.07) is 5.53. The lowest BCUT2D eigenvalue weighted by Crippen LogP contribution is -2.16. The summed E-state index contributed by atoms with van der Waals surface area (Å²) in [5, 5.41) is 24.8. The number of ether oxygens (including phenoxy) is 1. The molecule has 0 atom stereocenters. The highest BCUT2D eigenvalue weighted by atomic mass is 16.5. The summed E-state index contributed by atoms with van der Waals surface area (Å²) < 4.78 is 4.63. The van der Waals surface area contributed by atoms with Crippen LogP contribution in [0.4, 0.5) is 0 Å². The molecular formula is C14H14O9. The van der Waals surface area contributed by atoms with Crippen molar-refractivity contribution in [1.82, 2.24) is 0 Å². The van der Waals surface area contributed by atoms with Crippen LogP contribution in [0.5, 0.6) is 11.5 Å². The second-order valence-electron chi connectivity index (χ2n) is 4.06. The fourth-order valence-corrected chi connectivity index (χ4v) is 1.02. The molecule has 9 nitrogen and oxygen atoms in total. The molecule has 0 aliphatic carbocycles. The van der Waals surface area contributed by atoms with Crippen LogP contribution >= 0.6 is 0 Å². The number of carboxylic acid groups (broad SMARTS) is 2. The predicted molar refractivity (Wildman–Crippen MR) is 73.9 cm³/mol. The fraction of sp³-hybridized carbons (Fsp3) is 0.214. The topological polar surface area (TPSA) is 155 Å². The fourth-order valence-electron chi connectivity index (χ4n) is 1.02. The molecule has 1 aromatic rings. The number of carbonyl (C=O) groups excluding carboxylic acids is 3. The van der Waals surface area contributed by atoms with Crippen LogP contribution in [0.1, 0.15) is 19.8 Å². The van der Waals surface area contributed by atoms with E-state index in [1.54, 1.807) is 0 Å². The molecule has 0 saturated heterocycles. The highest BCUT2D eigenvalue weighted by Gasteiger charge is 2.12. The van der Waals surface area contributed by atoms with Crippen LogP contribution < -0.4 is 4.74 Å². The Bertz CT molecular complexity index is 601. The van der Waals surface area contributed by atoms with E-state index in [0.717, 1.165) is 6.92 Å². The van der Waals surface area contributed by atoms with Gasteiger partial charge in [-0.3, -0.25) is 14.4 Å². The number of Topliss-reactive ketones (excluding diaryl/α,β-unsaturated/α-hetero) is 2. The van der Waals surface area contributed by atoms with Gasteiger partial charge in [-0.2, -0.15) is 0 Å². The molecule has 0 amide bonds. The van der Waals surface area contributed by atoms with Gasteiger partial charge in [-0.15, -0.1) is 0 Å². The maximum Gasteiger partial charge on any atom is 0.379 e. The lowest BCUT2D eigenvalue weighted by Gasteiger charge is -2.00. The van der Waals surface area contributed by atoms with Crippen molar-refractivity contribution in [2.75, 3.05) is 0 Å². The van der Waals surface area contributed by atoms with Crippen molar-refractivity contribution in [2.24, 2.45) is 0 Å². The molecule has 0 aliphatic rings. The van der Waals surface area contributed by atoms with Gasteiger partial charge in [0.25, 0.3) is 0 Å². The van der Waals surface area contributed by atoms with E-state index >= 15 is 0 Å². The second-order valence-corrected chi connectivity index (χ2v) is 4.06. The minimum atomic E-state index is -1.58. The Kier molecular flexibility index (Phi) is 8.30. The van der Waals surface area contributed by atoms with E-state index in [9.17, 15) is 24.0 Å². The Labute approximate surface area is 130 Å². The SMILES string of the molecule is CC(=O)C(=O)Oc1ccc(O)cc1.O=C(O)CCC(=O)C(=O)O. The number of aliphatic carboxylic acids is 2. The number of benzene rings is 1. The van der Waals surface area contributed by atoms with Crippen molar-refractivity contribution in [3.05, 3.63) is 24.3 Å². The number of hydrogen-bond acceptors (Lipinski definition) is 7. The third kappa shape index (κ3) is 9.34. The number of rotatable bonds is 6. The summed E-state index contributed by atoms with van der Waals surface area (Å²) in [4.78, 5) is 51.0. The van der Waals surface area contributed by atoms with Gasteiger partial charge in [0.2, 0.25) is 11.6 Å². The van der Waals surface area contributed by atoms with Crippen molar-refractivity contribution in [3.8, 4) is 11.5 Å². The van der Waals surface area contributed by atoms with Gasteiger partial charge in [-0.25, -0.2) is 9.59 Å². The van der Waals surface area contributed by atoms with E-state index in [0.29, 0.717) is 0 Å². The summed E-state index contributed by atoms with van der Waals surface area (Å²) in [6.07, 6.45) is -0.865. The molecule has 0 saturated carbocycles. The average Bonchev–Trinajstić information content (AvgIpc) is 2.47. The summed E-state index contributed by atoms with van der Waals surface area (Å²) >= 11 is 0. The van der Waals surface area contributed by atoms with Gasteiger partial charge in [-0.05, 0) is 24.3 Å². The Morgan fingerprint density at radius 2 is 1.48 bits per heavy atom. The molecular weight excluding hydrogens is 312 g/mol. The van der Waals surface area contributed by atoms with Gasteiger partial charge in [0, 0.05) is 13.3 Å². The van der Waals surface area contributed by atoms with Crippen molar-refractivity contribution >= 4 is 29.5 Å². The zero-order chi connectivity index (χ0) is 18.0. The number of phenolic OH excluding ortho intramolecular Hbond substituents is 1. The van der Waals surface area contributed by atoms with Gasteiger partial charge in [0.1, 0.15) is 11.5 Å². The molecule has 0 unspecified atom stereocenters. The predicted octanol–water partition coefficient (Wildman–Crippen LogP) is 0.391. The zero-order valence-corrected chi connectivity index (χ0v) is 12.0. The second kappa shape index (κ2) is 9.66. The smallest absolute Gasteiger partial charge is 0.379 e. The van der Waals surface area contributed by atoms with Crippen molar-refractivity contribution < 1.29 is 44.0 Å². The summed E-state index contributed by atoms with van der Waals surface area (Å²) in [5.74, 6) is -5.09. The Balaban J connectivity index is 0.000000438. The van der Waals surface area contributed by atoms with Crippen LogP contribution in [0.25, 0.3) is 0 Å². The van der Waals surface area contributed by atoms with Gasteiger partial charge < -0.3 is 20.1 Å². The molecule has 3 N–H and O–H groups in total. The van der Waals surface area contributed by atoms with Crippen LogP contribution in [0.2, 0.25) is 0 Å². The number of carbonyl (C=O) groups is 5. The van der Waals surface area contributed by atoms with E-state index in [4.69, 9.17) is 15.3 Å². The zero-order valence-electron chi connectivity index (χ0n) is 12.0. The summed E-state index contributed by atoms with van der Waals surface area (Å²) in [5.41, 5.74) is 0. The van der Waals surface area contributed by atoms with Gasteiger partial charge in [0.15, 0.2) is 0 Å². The van der Waals surface area contributed by atoms with E-state index < -0.39 is 42.3 Å². The molecule has 0 aliphatic heterocycles. The first-order valence-corrected chi connectivity index (χ1v) is 6.13. The molecule has 0 radical (unpaired) electrons. The maximum atomic E-state index is 10.8. The van der Waals surface area contributed by atoms with Crippen LogP contribution in [0, 0.1) is 0 Å². The summed E-state index contributed by atoms with van der Waals surface area (Å²) in [7, 11) is 0. The molecule has 0 fully saturated rings. The van der Waals surface area contributed by atoms with Gasteiger partial charge >= 0.3 is 17.9 Å². The first-order chi connectivity index (χ1) is 10.6. The number of phenols is 1. The highest BCUT2D eigenvalue weighted by molar-refractivity contribution is 6.33. The van der Waals surface area contributed by atoms with E-state index in [1.807, 2.05) is 0 Å². The van der Waals surface area contributed by atoms with Crippen LogP contribution in [-0.2, 0) is 24.0 Å². The van der Waals surface area contributed by atoms with Crippen molar-refractivity contribution in [2.45, 2.75) is 19.8 Å². The molecule has 1 aromatic carbocycles. The van der Waals surface area contributed by atoms with Crippen molar-refractivity contribution in [3.63, 3.8) is 0 Å². The lowest BCUT2D eigenvalue weighted by molar-refractivity contribution is -0.149. The third-order valence-electron chi connectivity index (χ3n) is 2.14.